The molecule has 1 rings (SSSR count). The maximum Gasteiger partial charge on any atom is 0.119 e. The Bertz CT molecular complexity index is 354. The van der Waals surface area contributed by atoms with Crippen molar-refractivity contribution < 1.29 is 4.74 Å². The second-order valence-electron chi connectivity index (χ2n) is 4.28. The summed E-state index contributed by atoms with van der Waals surface area (Å²) in [4.78, 5) is 0. The number of nitriles is 1. The van der Waals surface area contributed by atoms with Crippen molar-refractivity contribution in [1.29, 1.82) is 5.26 Å². The zero-order chi connectivity index (χ0) is 12.3. The third-order valence-electron chi connectivity index (χ3n) is 2.89. The largest absolute Gasteiger partial charge is 0.497 e. The van der Waals surface area contributed by atoms with E-state index in [-0.39, 0.29) is 0 Å². The Kier molecular flexibility index (Phi) is 6.90. The van der Waals surface area contributed by atoms with Crippen LogP contribution in [0.1, 0.15) is 44.1 Å². The summed E-state index contributed by atoms with van der Waals surface area (Å²) >= 11 is 0. The molecule has 0 heterocycles. The number of hydrogen-bond donors (Lipinski definition) is 0. The van der Waals surface area contributed by atoms with Crippen molar-refractivity contribution in [3.8, 4) is 11.8 Å². The molecule has 0 saturated heterocycles. The molecule has 1 aromatic rings. The summed E-state index contributed by atoms with van der Waals surface area (Å²) in [7, 11) is 1.70. The first kappa shape index (κ1) is 13.6. The van der Waals surface area contributed by atoms with E-state index < -0.39 is 0 Å². The highest BCUT2D eigenvalue weighted by molar-refractivity contribution is 5.28. The second-order valence-corrected chi connectivity index (χ2v) is 4.28. The van der Waals surface area contributed by atoms with E-state index in [4.69, 9.17) is 10.00 Å². The summed E-state index contributed by atoms with van der Waals surface area (Å²) in [5, 5.41) is 8.41. The number of aryl methyl sites for hydroxylation is 1. The highest BCUT2D eigenvalue weighted by Gasteiger charge is 1.96. The van der Waals surface area contributed by atoms with E-state index >= 15 is 0 Å². The van der Waals surface area contributed by atoms with Crippen LogP contribution >= 0.6 is 0 Å². The third kappa shape index (κ3) is 5.97. The predicted molar refractivity (Wildman–Crippen MR) is 70.0 cm³/mol. The molecule has 1 aromatic carbocycles. The Balaban J connectivity index is 2.11. The lowest BCUT2D eigenvalue weighted by molar-refractivity contribution is 0.414. The van der Waals surface area contributed by atoms with Crippen LogP contribution in [-0.2, 0) is 6.42 Å². The molecule has 0 radical (unpaired) electrons. The lowest BCUT2D eigenvalue weighted by atomic mass is 10.0. The van der Waals surface area contributed by atoms with E-state index in [1.807, 2.05) is 12.1 Å². The Labute approximate surface area is 104 Å². The smallest absolute Gasteiger partial charge is 0.119 e. The summed E-state index contributed by atoms with van der Waals surface area (Å²) in [6.07, 6.45) is 7.78. The van der Waals surface area contributed by atoms with Crippen LogP contribution < -0.4 is 4.74 Å². The van der Waals surface area contributed by atoms with Gasteiger partial charge in [-0.1, -0.05) is 31.4 Å². The van der Waals surface area contributed by atoms with Crippen molar-refractivity contribution in [1.82, 2.24) is 0 Å². The van der Waals surface area contributed by atoms with E-state index in [2.05, 4.69) is 18.2 Å². The van der Waals surface area contributed by atoms with Crippen molar-refractivity contribution in [2.45, 2.75) is 44.9 Å². The van der Waals surface area contributed by atoms with Crippen LogP contribution in [0.4, 0.5) is 0 Å². The molecule has 0 amide bonds. The van der Waals surface area contributed by atoms with Gasteiger partial charge in [0, 0.05) is 6.42 Å². The molecule has 2 heteroatoms. The van der Waals surface area contributed by atoms with Gasteiger partial charge < -0.3 is 4.74 Å². The minimum absolute atomic E-state index is 0.704. The lowest BCUT2D eigenvalue weighted by Crippen LogP contribution is -1.88. The minimum Gasteiger partial charge on any atom is -0.497 e. The van der Waals surface area contributed by atoms with Gasteiger partial charge in [-0.15, -0.1) is 0 Å². The van der Waals surface area contributed by atoms with Crippen molar-refractivity contribution in [2.75, 3.05) is 7.11 Å². The van der Waals surface area contributed by atoms with Gasteiger partial charge in [0.1, 0.15) is 5.75 Å². The number of methoxy groups -OCH3 is 1. The summed E-state index contributed by atoms with van der Waals surface area (Å²) in [5.41, 5.74) is 1.35. The maximum absolute atomic E-state index is 8.41. The fraction of sp³-hybridized carbons (Fsp3) is 0.533. The van der Waals surface area contributed by atoms with Crippen molar-refractivity contribution in [3.63, 3.8) is 0 Å². The van der Waals surface area contributed by atoms with Gasteiger partial charge in [0.05, 0.1) is 13.2 Å². The standard InChI is InChI=1S/C15H21NO/c1-17-15-11-8-10-14(13-15)9-6-4-2-3-5-7-12-16/h8,10-11,13H,2-7,9H2,1H3. The predicted octanol–water partition coefficient (Wildman–Crippen LogP) is 4.10. The van der Waals surface area contributed by atoms with Gasteiger partial charge in [0.15, 0.2) is 0 Å². The Morgan fingerprint density at radius 2 is 1.88 bits per heavy atom. The average molecular weight is 231 g/mol. The molecule has 0 aliphatic heterocycles. The topological polar surface area (TPSA) is 33.0 Å². The quantitative estimate of drug-likeness (QED) is 0.631. The van der Waals surface area contributed by atoms with Gasteiger partial charge in [-0.3, -0.25) is 0 Å². The molecule has 0 aliphatic rings. The maximum atomic E-state index is 8.41. The third-order valence-corrected chi connectivity index (χ3v) is 2.89. The molecule has 0 N–H and O–H groups in total. The van der Waals surface area contributed by atoms with Crippen LogP contribution in [0.25, 0.3) is 0 Å². The number of nitrogens with zero attached hydrogens (tertiary/aromatic N) is 1. The van der Waals surface area contributed by atoms with Gasteiger partial charge in [-0.2, -0.15) is 5.26 Å². The molecular weight excluding hydrogens is 210 g/mol. The molecule has 0 atom stereocenters. The highest BCUT2D eigenvalue weighted by Crippen LogP contribution is 2.15. The molecular formula is C15H21NO. The first-order valence-corrected chi connectivity index (χ1v) is 6.36. The first-order chi connectivity index (χ1) is 8.36. The van der Waals surface area contributed by atoms with Crippen LogP contribution in [0.2, 0.25) is 0 Å². The van der Waals surface area contributed by atoms with E-state index in [0.717, 1.165) is 18.6 Å². The molecule has 17 heavy (non-hydrogen) atoms. The molecule has 0 bridgehead atoms. The van der Waals surface area contributed by atoms with Crippen LogP contribution in [-0.4, -0.2) is 7.11 Å². The number of hydrogen-bond acceptors (Lipinski definition) is 2. The normalized spacial score (nSPS) is 9.88. The average Bonchev–Trinajstić information content (AvgIpc) is 2.38. The summed E-state index contributed by atoms with van der Waals surface area (Å²) in [6.45, 7) is 0. The second kappa shape index (κ2) is 8.64. The molecule has 0 saturated carbocycles. The highest BCUT2D eigenvalue weighted by atomic mass is 16.5. The Morgan fingerprint density at radius 3 is 2.65 bits per heavy atom. The van der Waals surface area contributed by atoms with Gasteiger partial charge >= 0.3 is 0 Å². The van der Waals surface area contributed by atoms with Gasteiger partial charge in [-0.05, 0) is 37.0 Å². The summed E-state index contributed by atoms with van der Waals surface area (Å²) in [6, 6.07) is 10.5. The molecule has 0 unspecified atom stereocenters. The number of rotatable bonds is 8. The van der Waals surface area contributed by atoms with Crippen LogP contribution in [0, 0.1) is 11.3 Å². The number of benzene rings is 1. The van der Waals surface area contributed by atoms with Crippen molar-refractivity contribution >= 4 is 0 Å². The Hall–Kier alpha value is -1.49. The van der Waals surface area contributed by atoms with Gasteiger partial charge in [0.25, 0.3) is 0 Å². The molecule has 2 nitrogen and oxygen atoms in total. The summed E-state index contributed by atoms with van der Waals surface area (Å²) in [5.74, 6) is 0.941. The fourth-order valence-corrected chi connectivity index (χ4v) is 1.89. The molecule has 92 valence electrons. The monoisotopic (exact) mass is 231 g/mol. The van der Waals surface area contributed by atoms with E-state index in [0.29, 0.717) is 6.42 Å². The molecule has 0 fully saturated rings. The van der Waals surface area contributed by atoms with Gasteiger partial charge in [-0.25, -0.2) is 0 Å². The van der Waals surface area contributed by atoms with Gasteiger partial charge in [0.2, 0.25) is 0 Å². The number of ether oxygens (including phenoxy) is 1. The molecule has 0 spiro atoms. The van der Waals surface area contributed by atoms with Crippen LogP contribution in [0.3, 0.4) is 0 Å². The van der Waals surface area contributed by atoms with E-state index in [9.17, 15) is 0 Å². The minimum atomic E-state index is 0.704. The SMILES string of the molecule is COc1cccc(CCCCCCCC#N)c1. The Morgan fingerprint density at radius 1 is 1.12 bits per heavy atom. The summed E-state index contributed by atoms with van der Waals surface area (Å²) < 4.78 is 5.20. The van der Waals surface area contributed by atoms with Crippen LogP contribution in [0.5, 0.6) is 5.75 Å². The first-order valence-electron chi connectivity index (χ1n) is 6.36. The molecule has 0 aliphatic carbocycles. The van der Waals surface area contributed by atoms with Crippen molar-refractivity contribution in [2.24, 2.45) is 0 Å². The molecule has 0 aromatic heterocycles. The zero-order valence-electron chi connectivity index (χ0n) is 10.6. The lowest BCUT2D eigenvalue weighted by Gasteiger charge is -2.04. The number of unbranched alkanes of at least 4 members (excludes halogenated alkanes) is 5. The van der Waals surface area contributed by atoms with E-state index in [1.165, 1.54) is 31.2 Å². The van der Waals surface area contributed by atoms with E-state index in [1.54, 1.807) is 7.11 Å². The van der Waals surface area contributed by atoms with Crippen LogP contribution in [0.15, 0.2) is 24.3 Å². The van der Waals surface area contributed by atoms with Crippen molar-refractivity contribution in [3.05, 3.63) is 29.8 Å². The zero-order valence-corrected chi connectivity index (χ0v) is 10.6. The fourth-order valence-electron chi connectivity index (χ4n) is 1.89.